The molecule has 0 aromatic heterocycles. The van der Waals surface area contributed by atoms with E-state index >= 15 is 0 Å². The van der Waals surface area contributed by atoms with Crippen LogP contribution in [0.15, 0.2) is 18.2 Å². The van der Waals surface area contributed by atoms with Gasteiger partial charge in [0, 0.05) is 18.6 Å². The first-order valence-corrected chi connectivity index (χ1v) is 7.55. The van der Waals surface area contributed by atoms with Crippen molar-refractivity contribution in [3.63, 3.8) is 0 Å². The van der Waals surface area contributed by atoms with Gasteiger partial charge in [-0.25, -0.2) is 8.78 Å². The summed E-state index contributed by atoms with van der Waals surface area (Å²) < 4.78 is 26.5. The van der Waals surface area contributed by atoms with Gasteiger partial charge in [0.15, 0.2) is 11.6 Å². The van der Waals surface area contributed by atoms with Crippen molar-refractivity contribution in [3.8, 4) is 0 Å². The molecule has 1 aliphatic rings. The van der Waals surface area contributed by atoms with Gasteiger partial charge in [-0.05, 0) is 57.0 Å². The summed E-state index contributed by atoms with van der Waals surface area (Å²) in [6, 6.07) is 4.84. The van der Waals surface area contributed by atoms with Crippen molar-refractivity contribution in [3.05, 3.63) is 35.4 Å². The van der Waals surface area contributed by atoms with Gasteiger partial charge in [0.05, 0.1) is 0 Å². The number of nitrogens with zero attached hydrogens (tertiary/aromatic N) is 1. The van der Waals surface area contributed by atoms with Gasteiger partial charge in [-0.1, -0.05) is 13.0 Å². The van der Waals surface area contributed by atoms with Gasteiger partial charge < -0.3 is 5.32 Å². The van der Waals surface area contributed by atoms with Crippen LogP contribution in [0.5, 0.6) is 0 Å². The van der Waals surface area contributed by atoms with Crippen molar-refractivity contribution >= 4 is 0 Å². The van der Waals surface area contributed by atoms with Crippen LogP contribution >= 0.6 is 0 Å². The van der Waals surface area contributed by atoms with E-state index in [0.29, 0.717) is 6.04 Å². The van der Waals surface area contributed by atoms with Crippen LogP contribution in [0.3, 0.4) is 0 Å². The molecule has 2 rings (SSSR count). The lowest BCUT2D eigenvalue weighted by Gasteiger charge is -2.39. The van der Waals surface area contributed by atoms with Crippen molar-refractivity contribution in [2.75, 3.05) is 19.6 Å². The summed E-state index contributed by atoms with van der Waals surface area (Å²) in [5.41, 5.74) is 0.850. The number of piperidine rings is 1. The fourth-order valence-electron chi connectivity index (χ4n) is 3.03. The molecule has 1 heterocycles. The van der Waals surface area contributed by atoms with Crippen LogP contribution in [-0.4, -0.2) is 30.6 Å². The highest BCUT2D eigenvalue weighted by Gasteiger charge is 2.25. The van der Waals surface area contributed by atoms with E-state index < -0.39 is 11.6 Å². The minimum absolute atomic E-state index is 0.106. The van der Waals surface area contributed by atoms with E-state index in [-0.39, 0.29) is 6.04 Å². The Morgan fingerprint density at radius 2 is 2.15 bits per heavy atom. The second-order valence-corrected chi connectivity index (χ2v) is 5.59. The van der Waals surface area contributed by atoms with Gasteiger partial charge in [0.2, 0.25) is 0 Å². The summed E-state index contributed by atoms with van der Waals surface area (Å²) in [4.78, 5) is 2.42. The third-order valence-corrected chi connectivity index (χ3v) is 4.15. The molecule has 1 fully saturated rings. The van der Waals surface area contributed by atoms with Crippen molar-refractivity contribution in [2.24, 2.45) is 0 Å². The van der Waals surface area contributed by atoms with Crippen molar-refractivity contribution < 1.29 is 8.78 Å². The molecule has 0 aliphatic carbocycles. The molecule has 1 aromatic carbocycles. The Bertz CT molecular complexity index is 430. The largest absolute Gasteiger partial charge is 0.315 e. The summed E-state index contributed by atoms with van der Waals surface area (Å²) in [5.74, 6) is -1.53. The van der Waals surface area contributed by atoms with E-state index in [1.54, 1.807) is 6.07 Å². The van der Waals surface area contributed by atoms with E-state index in [4.69, 9.17) is 0 Å². The van der Waals surface area contributed by atoms with E-state index in [2.05, 4.69) is 24.1 Å². The molecule has 2 nitrogen and oxygen atoms in total. The lowest BCUT2D eigenvalue weighted by atomic mass is 10.00. The zero-order valence-electron chi connectivity index (χ0n) is 12.3. The summed E-state index contributed by atoms with van der Waals surface area (Å²) >= 11 is 0. The summed E-state index contributed by atoms with van der Waals surface area (Å²) in [6.07, 6.45) is 3.40. The Kier molecular flexibility index (Phi) is 5.49. The Morgan fingerprint density at radius 1 is 1.35 bits per heavy atom. The predicted octanol–water partition coefficient (Wildman–Crippen LogP) is 3.49. The topological polar surface area (TPSA) is 15.3 Å². The molecule has 1 aliphatic heterocycles. The number of halogens is 2. The average Bonchev–Trinajstić information content (AvgIpc) is 2.48. The molecule has 2 unspecified atom stereocenters. The van der Waals surface area contributed by atoms with E-state index in [9.17, 15) is 8.78 Å². The third kappa shape index (κ3) is 3.55. The lowest BCUT2D eigenvalue weighted by Crippen LogP contribution is -2.47. The molecule has 0 saturated carbocycles. The van der Waals surface area contributed by atoms with E-state index in [0.717, 1.165) is 31.6 Å². The van der Waals surface area contributed by atoms with Crippen LogP contribution in [0.1, 0.15) is 44.7 Å². The SMILES string of the molecule is CCCN(C1CCCNC1)C(C)c1ccc(F)c(F)c1. The number of rotatable bonds is 5. The quantitative estimate of drug-likeness (QED) is 0.889. The maximum absolute atomic E-state index is 13.4. The average molecular weight is 282 g/mol. The molecule has 0 radical (unpaired) electrons. The standard InChI is InChI=1S/C16H24F2N2/c1-3-9-20(14-5-4-8-19-11-14)12(2)13-6-7-15(17)16(18)10-13/h6-7,10,12,14,19H,3-5,8-9,11H2,1-2H3. The summed E-state index contributed by atoms with van der Waals surface area (Å²) in [7, 11) is 0. The van der Waals surface area contributed by atoms with Crippen molar-refractivity contribution in [2.45, 2.75) is 45.2 Å². The molecule has 0 spiro atoms. The third-order valence-electron chi connectivity index (χ3n) is 4.15. The highest BCUT2D eigenvalue weighted by Crippen LogP contribution is 2.26. The molecule has 2 atom stereocenters. The molecular weight excluding hydrogens is 258 g/mol. The van der Waals surface area contributed by atoms with E-state index in [1.165, 1.54) is 25.0 Å². The van der Waals surface area contributed by atoms with Gasteiger partial charge >= 0.3 is 0 Å². The van der Waals surface area contributed by atoms with Crippen LogP contribution in [0.4, 0.5) is 8.78 Å². The first-order chi connectivity index (χ1) is 9.63. The molecule has 0 bridgehead atoms. The fraction of sp³-hybridized carbons (Fsp3) is 0.625. The molecule has 1 N–H and O–H groups in total. The lowest BCUT2D eigenvalue weighted by molar-refractivity contribution is 0.120. The molecule has 0 amide bonds. The Hall–Kier alpha value is -1.00. The van der Waals surface area contributed by atoms with Gasteiger partial charge in [-0.15, -0.1) is 0 Å². The summed E-state index contributed by atoms with van der Waals surface area (Å²) in [6.45, 7) is 7.27. The zero-order chi connectivity index (χ0) is 14.5. The Balaban J connectivity index is 2.16. The van der Waals surface area contributed by atoms with Gasteiger partial charge in [-0.3, -0.25) is 4.90 Å². The normalized spacial score (nSPS) is 21.1. The first kappa shape index (κ1) is 15.4. The maximum Gasteiger partial charge on any atom is 0.159 e. The van der Waals surface area contributed by atoms with Gasteiger partial charge in [0.25, 0.3) is 0 Å². The van der Waals surface area contributed by atoms with E-state index in [1.807, 2.05) is 0 Å². The second kappa shape index (κ2) is 7.14. The minimum atomic E-state index is -0.776. The number of hydrogen-bond acceptors (Lipinski definition) is 2. The highest BCUT2D eigenvalue weighted by molar-refractivity contribution is 5.21. The molecule has 20 heavy (non-hydrogen) atoms. The van der Waals surface area contributed by atoms with Crippen LogP contribution in [0.25, 0.3) is 0 Å². The highest BCUT2D eigenvalue weighted by atomic mass is 19.2. The Labute approximate surface area is 120 Å². The predicted molar refractivity (Wildman–Crippen MR) is 77.7 cm³/mol. The fourth-order valence-corrected chi connectivity index (χ4v) is 3.03. The first-order valence-electron chi connectivity index (χ1n) is 7.55. The van der Waals surface area contributed by atoms with Gasteiger partial charge in [0.1, 0.15) is 0 Å². The number of hydrogen-bond donors (Lipinski definition) is 1. The molecule has 1 saturated heterocycles. The van der Waals surface area contributed by atoms with Gasteiger partial charge in [-0.2, -0.15) is 0 Å². The minimum Gasteiger partial charge on any atom is -0.315 e. The zero-order valence-corrected chi connectivity index (χ0v) is 12.3. The number of nitrogens with one attached hydrogen (secondary N) is 1. The number of benzene rings is 1. The molecule has 112 valence electrons. The molecule has 1 aromatic rings. The smallest absolute Gasteiger partial charge is 0.159 e. The summed E-state index contributed by atoms with van der Waals surface area (Å²) in [5, 5.41) is 3.42. The molecule has 4 heteroatoms. The van der Waals surface area contributed by atoms with Crippen LogP contribution in [-0.2, 0) is 0 Å². The van der Waals surface area contributed by atoms with Crippen LogP contribution < -0.4 is 5.32 Å². The van der Waals surface area contributed by atoms with Crippen molar-refractivity contribution in [1.82, 2.24) is 10.2 Å². The maximum atomic E-state index is 13.4. The van der Waals surface area contributed by atoms with Crippen LogP contribution in [0, 0.1) is 11.6 Å². The Morgan fingerprint density at radius 3 is 2.75 bits per heavy atom. The molecular formula is C16H24F2N2. The van der Waals surface area contributed by atoms with Crippen molar-refractivity contribution in [1.29, 1.82) is 0 Å². The second-order valence-electron chi connectivity index (χ2n) is 5.59. The monoisotopic (exact) mass is 282 g/mol. The van der Waals surface area contributed by atoms with Crippen LogP contribution in [0.2, 0.25) is 0 Å².